The fourth-order valence-corrected chi connectivity index (χ4v) is 4.58. The average Bonchev–Trinajstić information content (AvgIpc) is 2.90. The summed E-state index contributed by atoms with van der Waals surface area (Å²) in [6.45, 7) is 14.5. The van der Waals surface area contributed by atoms with Crippen molar-refractivity contribution in [1.82, 2.24) is 10.2 Å². The van der Waals surface area contributed by atoms with Gasteiger partial charge in [-0.2, -0.15) is 0 Å². The summed E-state index contributed by atoms with van der Waals surface area (Å²) in [5, 5.41) is 12.8. The van der Waals surface area contributed by atoms with Gasteiger partial charge in [0.15, 0.2) is 0 Å². The lowest BCUT2D eigenvalue weighted by Crippen LogP contribution is -2.61. The Morgan fingerprint density at radius 2 is 1.72 bits per heavy atom. The van der Waals surface area contributed by atoms with Gasteiger partial charge >= 0.3 is 12.2 Å². The first-order valence-electron chi connectivity index (χ1n) is 10.8. The van der Waals surface area contributed by atoms with E-state index in [9.17, 15) is 14.7 Å². The molecule has 0 aromatic carbocycles. The second-order valence-electron chi connectivity index (χ2n) is 10.9. The van der Waals surface area contributed by atoms with Crippen LogP contribution in [0.2, 0.25) is 0 Å². The molecule has 168 valence electrons. The molecule has 0 aromatic heterocycles. The summed E-state index contributed by atoms with van der Waals surface area (Å²) < 4.78 is 10.8. The molecule has 2 fully saturated rings. The molecule has 0 aromatic rings. The third kappa shape index (κ3) is 6.49. The minimum absolute atomic E-state index is 0.0132. The van der Waals surface area contributed by atoms with Gasteiger partial charge in [-0.1, -0.05) is 6.42 Å². The molecule has 1 saturated carbocycles. The van der Waals surface area contributed by atoms with Gasteiger partial charge in [-0.25, -0.2) is 9.59 Å². The maximum absolute atomic E-state index is 12.3. The molecule has 2 amide bonds. The van der Waals surface area contributed by atoms with E-state index in [2.05, 4.69) is 5.32 Å². The van der Waals surface area contributed by atoms with Gasteiger partial charge in [0.25, 0.3) is 0 Å². The molecule has 3 unspecified atom stereocenters. The Hall–Kier alpha value is -1.50. The SMILES string of the molecule is CC(NC(=O)OC(C)(C)C)C(CO)CC1CCCC12CN(C(=O)OC(C)(C)C)C2. The van der Waals surface area contributed by atoms with Gasteiger partial charge in [0.1, 0.15) is 11.2 Å². The molecular formula is C22H40N2O5. The summed E-state index contributed by atoms with van der Waals surface area (Å²) in [4.78, 5) is 26.2. The number of aliphatic hydroxyl groups excluding tert-OH is 1. The third-order valence-corrected chi connectivity index (χ3v) is 6.03. The van der Waals surface area contributed by atoms with Crippen LogP contribution in [0, 0.1) is 17.3 Å². The number of hydrogen-bond acceptors (Lipinski definition) is 5. The average molecular weight is 413 g/mol. The van der Waals surface area contributed by atoms with Crippen LogP contribution in [0.1, 0.15) is 74.1 Å². The van der Waals surface area contributed by atoms with E-state index in [4.69, 9.17) is 9.47 Å². The molecule has 1 spiro atoms. The molecular weight excluding hydrogens is 372 g/mol. The second kappa shape index (κ2) is 8.70. The van der Waals surface area contributed by atoms with Crippen LogP contribution >= 0.6 is 0 Å². The van der Waals surface area contributed by atoms with Crippen molar-refractivity contribution in [2.24, 2.45) is 17.3 Å². The number of amides is 2. The van der Waals surface area contributed by atoms with Crippen LogP contribution < -0.4 is 5.32 Å². The maximum atomic E-state index is 12.3. The Bertz CT molecular complexity index is 587. The van der Waals surface area contributed by atoms with E-state index in [-0.39, 0.29) is 30.1 Å². The van der Waals surface area contributed by atoms with Gasteiger partial charge in [0.2, 0.25) is 0 Å². The van der Waals surface area contributed by atoms with Gasteiger partial charge in [-0.3, -0.25) is 0 Å². The number of carbonyl (C=O) groups excluding carboxylic acids is 2. The fraction of sp³-hybridized carbons (Fsp3) is 0.909. The summed E-state index contributed by atoms with van der Waals surface area (Å²) in [6.07, 6.45) is 3.46. The monoisotopic (exact) mass is 412 g/mol. The normalized spacial score (nSPS) is 23.3. The molecule has 7 nitrogen and oxygen atoms in total. The van der Waals surface area contributed by atoms with Crippen molar-refractivity contribution in [1.29, 1.82) is 0 Å². The van der Waals surface area contributed by atoms with E-state index < -0.39 is 17.3 Å². The molecule has 7 heteroatoms. The Kier molecular flexibility index (Phi) is 7.13. The summed E-state index contributed by atoms with van der Waals surface area (Å²) in [6, 6.07) is -0.186. The molecule has 1 aliphatic heterocycles. The smallest absolute Gasteiger partial charge is 0.410 e. The number of likely N-dealkylation sites (tertiary alicyclic amines) is 1. The van der Waals surface area contributed by atoms with Crippen LogP contribution in [0.15, 0.2) is 0 Å². The molecule has 0 radical (unpaired) electrons. The van der Waals surface area contributed by atoms with Crippen molar-refractivity contribution in [3.05, 3.63) is 0 Å². The first-order chi connectivity index (χ1) is 13.2. The molecule has 3 atom stereocenters. The molecule has 0 bridgehead atoms. The lowest BCUT2D eigenvalue weighted by atomic mass is 9.68. The number of ether oxygens (including phenoxy) is 2. The number of aliphatic hydroxyl groups is 1. The van der Waals surface area contributed by atoms with Crippen molar-refractivity contribution >= 4 is 12.2 Å². The molecule has 1 saturated heterocycles. The summed E-state index contributed by atoms with van der Waals surface area (Å²) in [5.41, 5.74) is -0.916. The molecule has 29 heavy (non-hydrogen) atoms. The third-order valence-electron chi connectivity index (χ3n) is 6.03. The zero-order valence-corrected chi connectivity index (χ0v) is 19.2. The van der Waals surface area contributed by atoms with Gasteiger partial charge in [0.05, 0.1) is 0 Å². The van der Waals surface area contributed by atoms with E-state index in [1.54, 1.807) is 4.90 Å². The maximum Gasteiger partial charge on any atom is 0.410 e. The largest absolute Gasteiger partial charge is 0.444 e. The van der Waals surface area contributed by atoms with Crippen LogP contribution in [-0.2, 0) is 9.47 Å². The number of hydrogen-bond donors (Lipinski definition) is 2. The molecule has 1 heterocycles. The topological polar surface area (TPSA) is 88.1 Å². The molecule has 2 N–H and O–H groups in total. The predicted molar refractivity (Wildman–Crippen MR) is 112 cm³/mol. The van der Waals surface area contributed by atoms with E-state index in [1.165, 1.54) is 0 Å². The first kappa shape index (κ1) is 23.8. The molecule has 2 rings (SSSR count). The standard InChI is InChI=1S/C22H40N2O5/c1-15(23-18(26)28-20(2,3)4)16(12-25)11-17-9-8-10-22(17)13-24(14-22)19(27)29-21(5,6)7/h15-17,25H,8-14H2,1-7H3,(H,23,26). The highest BCUT2D eigenvalue weighted by Crippen LogP contribution is 2.52. The van der Waals surface area contributed by atoms with Crippen LogP contribution in [0.5, 0.6) is 0 Å². The zero-order valence-electron chi connectivity index (χ0n) is 19.2. The Morgan fingerprint density at radius 3 is 2.24 bits per heavy atom. The molecule has 1 aliphatic carbocycles. The van der Waals surface area contributed by atoms with E-state index in [1.807, 2.05) is 48.5 Å². The van der Waals surface area contributed by atoms with Gasteiger partial charge in [0, 0.05) is 37.1 Å². The summed E-state index contributed by atoms with van der Waals surface area (Å²) >= 11 is 0. The number of rotatable bonds is 5. The summed E-state index contributed by atoms with van der Waals surface area (Å²) in [7, 11) is 0. The Labute approximate surface area is 175 Å². The fourth-order valence-electron chi connectivity index (χ4n) is 4.58. The van der Waals surface area contributed by atoms with Crippen molar-refractivity contribution in [3.63, 3.8) is 0 Å². The number of alkyl carbamates (subject to hydrolysis) is 1. The highest BCUT2D eigenvalue weighted by Gasteiger charge is 2.53. The van der Waals surface area contributed by atoms with Crippen LogP contribution in [0.4, 0.5) is 9.59 Å². The number of nitrogens with one attached hydrogen (secondary N) is 1. The van der Waals surface area contributed by atoms with Crippen molar-refractivity contribution in [2.75, 3.05) is 19.7 Å². The van der Waals surface area contributed by atoms with E-state index in [0.717, 1.165) is 38.8 Å². The summed E-state index contributed by atoms with van der Waals surface area (Å²) in [5.74, 6) is 0.388. The van der Waals surface area contributed by atoms with Crippen molar-refractivity contribution in [2.45, 2.75) is 91.4 Å². The van der Waals surface area contributed by atoms with Crippen LogP contribution in [-0.4, -0.2) is 59.1 Å². The lowest BCUT2D eigenvalue weighted by Gasteiger charge is -2.52. The van der Waals surface area contributed by atoms with E-state index in [0.29, 0.717) is 5.92 Å². The number of carbonyl (C=O) groups is 2. The predicted octanol–water partition coefficient (Wildman–Crippen LogP) is 3.94. The number of nitrogens with zero attached hydrogens (tertiary/aromatic N) is 1. The van der Waals surface area contributed by atoms with Crippen LogP contribution in [0.25, 0.3) is 0 Å². The zero-order chi connectivity index (χ0) is 22.0. The second-order valence-corrected chi connectivity index (χ2v) is 10.9. The van der Waals surface area contributed by atoms with E-state index >= 15 is 0 Å². The first-order valence-corrected chi connectivity index (χ1v) is 10.8. The highest BCUT2D eigenvalue weighted by molar-refractivity contribution is 5.69. The van der Waals surface area contributed by atoms with Crippen LogP contribution in [0.3, 0.4) is 0 Å². The Morgan fingerprint density at radius 1 is 1.14 bits per heavy atom. The van der Waals surface area contributed by atoms with Gasteiger partial charge < -0.3 is 24.8 Å². The quantitative estimate of drug-likeness (QED) is 0.714. The van der Waals surface area contributed by atoms with Gasteiger partial charge in [-0.05, 0) is 73.6 Å². The highest BCUT2D eigenvalue weighted by atomic mass is 16.6. The lowest BCUT2D eigenvalue weighted by molar-refractivity contribution is -0.0558. The van der Waals surface area contributed by atoms with Crippen molar-refractivity contribution in [3.8, 4) is 0 Å². The minimum Gasteiger partial charge on any atom is -0.444 e. The van der Waals surface area contributed by atoms with Gasteiger partial charge in [-0.15, -0.1) is 0 Å². The molecule has 2 aliphatic rings. The van der Waals surface area contributed by atoms with Crippen molar-refractivity contribution < 1.29 is 24.2 Å². The Balaban J connectivity index is 1.91. The minimum atomic E-state index is -0.551.